The standard InChI is InChI=1S/C25H19ClN2O3/c26-21-8-4-3-7-20(21)22-13-14-23(25(30)31)28(22)24(29)17-11-9-16(10-12-17)19-6-2-1-5-18(19)15-27/h1-12,22-23H,13-14H2,(H,30,31). The molecule has 4 rings (SSSR count). The van der Waals surface area contributed by atoms with Gasteiger partial charge in [-0.2, -0.15) is 5.26 Å². The van der Waals surface area contributed by atoms with Crippen molar-refractivity contribution in [1.29, 1.82) is 5.26 Å². The number of halogens is 1. The van der Waals surface area contributed by atoms with Crippen LogP contribution < -0.4 is 0 Å². The summed E-state index contributed by atoms with van der Waals surface area (Å²) in [5.41, 5.74) is 3.28. The molecule has 5 nitrogen and oxygen atoms in total. The monoisotopic (exact) mass is 430 g/mol. The van der Waals surface area contributed by atoms with Gasteiger partial charge in [-0.3, -0.25) is 4.79 Å². The van der Waals surface area contributed by atoms with E-state index in [-0.39, 0.29) is 5.91 Å². The minimum atomic E-state index is -1.03. The maximum absolute atomic E-state index is 13.4. The summed E-state index contributed by atoms with van der Waals surface area (Å²) in [7, 11) is 0. The number of amides is 1. The lowest BCUT2D eigenvalue weighted by Gasteiger charge is -2.29. The molecule has 0 radical (unpaired) electrons. The number of aliphatic carboxylic acids is 1. The zero-order valence-corrected chi connectivity index (χ0v) is 17.3. The molecule has 1 fully saturated rings. The average Bonchev–Trinajstić information content (AvgIpc) is 3.24. The first-order valence-electron chi connectivity index (χ1n) is 9.90. The molecule has 0 aromatic heterocycles. The van der Waals surface area contributed by atoms with Gasteiger partial charge in [0.25, 0.3) is 5.91 Å². The third kappa shape index (κ3) is 3.90. The van der Waals surface area contributed by atoms with Gasteiger partial charge in [0.2, 0.25) is 0 Å². The number of rotatable bonds is 4. The molecule has 2 atom stereocenters. The Hall–Kier alpha value is -3.62. The Balaban J connectivity index is 1.68. The molecule has 1 heterocycles. The number of likely N-dealkylation sites (tertiary alicyclic amines) is 1. The van der Waals surface area contributed by atoms with Crippen LogP contribution in [0.4, 0.5) is 0 Å². The zero-order valence-electron chi connectivity index (χ0n) is 16.5. The van der Waals surface area contributed by atoms with Gasteiger partial charge in [0.15, 0.2) is 0 Å². The first-order valence-corrected chi connectivity index (χ1v) is 10.3. The first kappa shape index (κ1) is 20.6. The zero-order chi connectivity index (χ0) is 22.0. The van der Waals surface area contributed by atoms with Crippen molar-refractivity contribution in [2.24, 2.45) is 0 Å². The van der Waals surface area contributed by atoms with Gasteiger partial charge >= 0.3 is 5.97 Å². The van der Waals surface area contributed by atoms with E-state index in [0.717, 1.165) is 16.7 Å². The van der Waals surface area contributed by atoms with Crippen molar-refractivity contribution < 1.29 is 14.7 Å². The van der Waals surface area contributed by atoms with Crippen molar-refractivity contribution in [1.82, 2.24) is 4.90 Å². The first-order chi connectivity index (χ1) is 15.0. The highest BCUT2D eigenvalue weighted by molar-refractivity contribution is 6.31. The van der Waals surface area contributed by atoms with Crippen LogP contribution in [0.3, 0.4) is 0 Å². The van der Waals surface area contributed by atoms with Gasteiger partial charge in [-0.15, -0.1) is 0 Å². The largest absolute Gasteiger partial charge is 0.480 e. The van der Waals surface area contributed by atoms with Gasteiger partial charge in [0.1, 0.15) is 6.04 Å². The van der Waals surface area contributed by atoms with E-state index < -0.39 is 18.1 Å². The maximum atomic E-state index is 13.4. The van der Waals surface area contributed by atoms with E-state index >= 15 is 0 Å². The van der Waals surface area contributed by atoms with Crippen molar-refractivity contribution in [3.05, 3.63) is 94.5 Å². The second-order valence-electron chi connectivity index (χ2n) is 7.42. The molecule has 154 valence electrons. The Kier molecular flexibility index (Phi) is 5.75. The van der Waals surface area contributed by atoms with Crippen LogP contribution in [0.15, 0.2) is 72.8 Å². The number of benzene rings is 3. The number of carboxylic acid groups (broad SMARTS) is 1. The number of nitriles is 1. The Morgan fingerprint density at radius 2 is 1.65 bits per heavy atom. The van der Waals surface area contributed by atoms with Gasteiger partial charge in [0.05, 0.1) is 17.7 Å². The predicted molar refractivity (Wildman–Crippen MR) is 118 cm³/mol. The van der Waals surface area contributed by atoms with Gasteiger partial charge in [-0.25, -0.2) is 4.79 Å². The Morgan fingerprint density at radius 1 is 0.968 bits per heavy atom. The molecule has 31 heavy (non-hydrogen) atoms. The lowest BCUT2D eigenvalue weighted by molar-refractivity contribution is -0.141. The van der Waals surface area contributed by atoms with E-state index in [0.29, 0.717) is 29.0 Å². The van der Waals surface area contributed by atoms with Crippen LogP contribution in [0.5, 0.6) is 0 Å². The molecular formula is C25H19ClN2O3. The van der Waals surface area contributed by atoms with E-state index in [2.05, 4.69) is 6.07 Å². The molecule has 2 unspecified atom stereocenters. The highest BCUT2D eigenvalue weighted by atomic mass is 35.5. The summed E-state index contributed by atoms with van der Waals surface area (Å²) in [4.78, 5) is 26.7. The van der Waals surface area contributed by atoms with Crippen molar-refractivity contribution in [3.8, 4) is 17.2 Å². The van der Waals surface area contributed by atoms with Gasteiger partial charge in [0, 0.05) is 10.6 Å². The number of hydrogen-bond acceptors (Lipinski definition) is 3. The fraction of sp³-hybridized carbons (Fsp3) is 0.160. The van der Waals surface area contributed by atoms with Crippen LogP contribution in [-0.2, 0) is 4.79 Å². The fourth-order valence-corrected chi connectivity index (χ4v) is 4.42. The normalized spacial score (nSPS) is 17.9. The molecule has 1 saturated heterocycles. The van der Waals surface area contributed by atoms with E-state index in [1.54, 1.807) is 48.5 Å². The van der Waals surface area contributed by atoms with Crippen LogP contribution in [0.1, 0.15) is 40.4 Å². The summed E-state index contributed by atoms with van der Waals surface area (Å²) in [6.07, 6.45) is 0.894. The van der Waals surface area contributed by atoms with E-state index in [4.69, 9.17) is 11.6 Å². The van der Waals surface area contributed by atoms with E-state index in [1.165, 1.54) is 4.90 Å². The average molecular weight is 431 g/mol. The molecule has 0 spiro atoms. The van der Waals surface area contributed by atoms with Crippen LogP contribution in [0.2, 0.25) is 5.02 Å². The third-order valence-corrected chi connectivity index (χ3v) is 6.00. The Morgan fingerprint density at radius 3 is 2.32 bits per heavy atom. The number of carbonyl (C=O) groups is 2. The second kappa shape index (κ2) is 8.63. The molecule has 1 amide bonds. The second-order valence-corrected chi connectivity index (χ2v) is 7.82. The van der Waals surface area contributed by atoms with E-state index in [9.17, 15) is 20.0 Å². The predicted octanol–water partition coefficient (Wildman–Crippen LogP) is 5.31. The van der Waals surface area contributed by atoms with Crippen molar-refractivity contribution >= 4 is 23.5 Å². The third-order valence-electron chi connectivity index (χ3n) is 5.66. The number of carboxylic acids is 1. The highest BCUT2D eigenvalue weighted by Gasteiger charge is 2.42. The van der Waals surface area contributed by atoms with Crippen LogP contribution in [-0.4, -0.2) is 27.9 Å². The quantitative estimate of drug-likeness (QED) is 0.608. The molecule has 3 aromatic carbocycles. The summed E-state index contributed by atoms with van der Waals surface area (Å²) in [6, 6.07) is 22.2. The Bertz CT molecular complexity index is 1180. The van der Waals surface area contributed by atoms with Crippen LogP contribution in [0.25, 0.3) is 11.1 Å². The van der Waals surface area contributed by atoms with Crippen molar-refractivity contribution in [3.63, 3.8) is 0 Å². The highest BCUT2D eigenvalue weighted by Crippen LogP contribution is 2.40. The number of nitrogens with zero attached hydrogens (tertiary/aromatic N) is 2. The maximum Gasteiger partial charge on any atom is 0.326 e. The summed E-state index contributed by atoms with van der Waals surface area (Å²) < 4.78 is 0. The van der Waals surface area contributed by atoms with E-state index in [1.807, 2.05) is 24.3 Å². The van der Waals surface area contributed by atoms with Crippen molar-refractivity contribution in [2.45, 2.75) is 24.9 Å². The Labute approximate surface area is 185 Å². The molecule has 0 aliphatic carbocycles. The van der Waals surface area contributed by atoms with Gasteiger partial charge in [-0.05, 0) is 53.8 Å². The number of hydrogen-bond donors (Lipinski definition) is 1. The minimum absolute atomic E-state index is 0.352. The lowest BCUT2D eigenvalue weighted by Crippen LogP contribution is -2.41. The molecule has 1 N–H and O–H groups in total. The summed E-state index contributed by atoms with van der Waals surface area (Å²) in [5.74, 6) is -1.38. The lowest BCUT2D eigenvalue weighted by atomic mass is 9.99. The van der Waals surface area contributed by atoms with Gasteiger partial charge in [-0.1, -0.05) is 60.1 Å². The fourth-order valence-electron chi connectivity index (χ4n) is 4.16. The minimum Gasteiger partial charge on any atom is -0.480 e. The molecule has 6 heteroatoms. The van der Waals surface area contributed by atoms with Crippen LogP contribution in [0, 0.1) is 11.3 Å². The summed E-state index contributed by atoms with van der Waals surface area (Å²) in [5, 5.41) is 19.6. The van der Waals surface area contributed by atoms with Gasteiger partial charge < -0.3 is 10.0 Å². The number of carbonyl (C=O) groups excluding carboxylic acids is 1. The molecule has 1 aliphatic heterocycles. The summed E-state index contributed by atoms with van der Waals surface area (Å²) in [6.45, 7) is 0. The topological polar surface area (TPSA) is 81.4 Å². The molecule has 0 saturated carbocycles. The molecule has 1 aliphatic rings. The molecule has 0 bridgehead atoms. The summed E-state index contributed by atoms with van der Waals surface area (Å²) >= 11 is 6.35. The van der Waals surface area contributed by atoms with Crippen molar-refractivity contribution in [2.75, 3.05) is 0 Å². The SMILES string of the molecule is N#Cc1ccccc1-c1ccc(C(=O)N2C(C(=O)O)CCC2c2ccccc2Cl)cc1. The van der Waals surface area contributed by atoms with Crippen LogP contribution >= 0.6 is 11.6 Å². The smallest absolute Gasteiger partial charge is 0.326 e. The molecular weight excluding hydrogens is 412 g/mol. The molecule has 3 aromatic rings.